The summed E-state index contributed by atoms with van der Waals surface area (Å²) in [6, 6.07) is 14.7. The van der Waals surface area contributed by atoms with Crippen molar-refractivity contribution >= 4 is 40.2 Å². The normalized spacial score (nSPS) is 14.6. The number of carbonyl (C=O) groups is 2. The summed E-state index contributed by atoms with van der Waals surface area (Å²) in [5.41, 5.74) is 2.75. The molecule has 0 radical (unpaired) electrons. The largest absolute Gasteiger partial charge is 0.497 e. The van der Waals surface area contributed by atoms with Crippen molar-refractivity contribution in [1.82, 2.24) is 14.8 Å². The topological polar surface area (TPSA) is 102 Å². The lowest BCUT2D eigenvalue weighted by Crippen LogP contribution is -2.31. The van der Waals surface area contributed by atoms with E-state index in [1.165, 1.54) is 39.8 Å². The summed E-state index contributed by atoms with van der Waals surface area (Å²) in [5.74, 6) is 0.951. The van der Waals surface area contributed by atoms with Gasteiger partial charge in [-0.05, 0) is 66.4 Å². The first-order valence-corrected chi connectivity index (χ1v) is 14.2. The number of hydrogen-bond acceptors (Lipinski definition) is 6. The number of ether oxygens (including phenoxy) is 1. The van der Waals surface area contributed by atoms with E-state index in [-0.39, 0.29) is 28.4 Å². The first-order chi connectivity index (χ1) is 20.4. The van der Waals surface area contributed by atoms with Crippen molar-refractivity contribution < 1.29 is 27.5 Å². The van der Waals surface area contributed by atoms with Gasteiger partial charge in [0.25, 0.3) is 0 Å². The highest BCUT2D eigenvalue weighted by atomic mass is 32.2. The second kappa shape index (κ2) is 11.9. The molecular weight excluding hydrogens is 581 g/mol. The highest BCUT2D eigenvalue weighted by Gasteiger charge is 2.33. The van der Waals surface area contributed by atoms with E-state index in [2.05, 4.69) is 20.4 Å². The van der Waals surface area contributed by atoms with Crippen molar-refractivity contribution in [3.8, 4) is 22.8 Å². The van der Waals surface area contributed by atoms with Gasteiger partial charge in [-0.3, -0.25) is 9.69 Å². The Balaban J connectivity index is 1.35. The molecule has 1 fully saturated rings. The third kappa shape index (κ3) is 6.41. The zero-order valence-electron chi connectivity index (χ0n) is 23.6. The fourth-order valence-corrected chi connectivity index (χ4v) is 5.39. The predicted molar refractivity (Wildman–Crippen MR) is 160 cm³/mol. The number of nitrogens with zero attached hydrogens (tertiary/aromatic N) is 5. The van der Waals surface area contributed by atoms with Crippen LogP contribution in [0, 0.1) is 6.92 Å². The van der Waals surface area contributed by atoms with Crippen LogP contribution in [0.3, 0.4) is 0 Å². The van der Waals surface area contributed by atoms with Gasteiger partial charge in [-0.15, -0.1) is 5.10 Å². The van der Waals surface area contributed by atoms with E-state index in [0.717, 1.165) is 17.7 Å². The summed E-state index contributed by atoms with van der Waals surface area (Å²) in [6.07, 6.45) is -3.14. The number of anilines is 2. The van der Waals surface area contributed by atoms with Crippen LogP contribution in [0.2, 0.25) is 0 Å². The molecule has 9 nitrogen and oxygen atoms in total. The zero-order chi connectivity index (χ0) is 30.9. The van der Waals surface area contributed by atoms with Crippen LogP contribution in [-0.2, 0) is 11.0 Å². The third-order valence-electron chi connectivity index (χ3n) is 6.72. The van der Waals surface area contributed by atoms with Crippen molar-refractivity contribution in [2.24, 2.45) is 4.99 Å². The number of aliphatic imine (C=N–C) groups is 1. The minimum absolute atomic E-state index is 0.112. The van der Waals surface area contributed by atoms with Crippen molar-refractivity contribution in [3.05, 3.63) is 83.7 Å². The van der Waals surface area contributed by atoms with Gasteiger partial charge in [-0.1, -0.05) is 37.7 Å². The SMILES string of the molecule is COc1ccc(C(C)C)c(N2C(=O)CSC2=NC(=O)Nc2ccc(-c3ncn(-c4cccc(C(F)(F)F)c4)n3)cc2C)c1. The fourth-order valence-electron chi connectivity index (χ4n) is 4.53. The number of methoxy groups -OCH3 is 1. The summed E-state index contributed by atoms with van der Waals surface area (Å²) >= 11 is 1.18. The number of aryl methyl sites for hydroxylation is 1. The van der Waals surface area contributed by atoms with Crippen molar-refractivity contribution in [3.63, 3.8) is 0 Å². The van der Waals surface area contributed by atoms with E-state index in [0.29, 0.717) is 34.1 Å². The van der Waals surface area contributed by atoms with Crippen LogP contribution in [0.5, 0.6) is 5.75 Å². The third-order valence-corrected chi connectivity index (χ3v) is 7.64. The van der Waals surface area contributed by atoms with Crippen LogP contribution < -0.4 is 15.0 Å². The Hall–Kier alpha value is -4.65. The fraction of sp³-hybridized carbons (Fsp3) is 0.233. The number of rotatable bonds is 6. The van der Waals surface area contributed by atoms with Crippen molar-refractivity contribution in [2.45, 2.75) is 32.9 Å². The van der Waals surface area contributed by atoms with Gasteiger partial charge >= 0.3 is 12.2 Å². The molecule has 3 amide bonds. The molecule has 1 N–H and O–H groups in total. The quantitative estimate of drug-likeness (QED) is 0.252. The van der Waals surface area contributed by atoms with Gasteiger partial charge in [0.2, 0.25) is 5.91 Å². The lowest BCUT2D eigenvalue weighted by Gasteiger charge is -2.22. The summed E-state index contributed by atoms with van der Waals surface area (Å²) in [6.45, 7) is 5.81. The molecule has 0 bridgehead atoms. The Morgan fingerprint density at radius 2 is 1.91 bits per heavy atom. The molecule has 13 heteroatoms. The molecule has 0 aliphatic carbocycles. The molecule has 3 aromatic carbocycles. The van der Waals surface area contributed by atoms with Gasteiger partial charge in [0.05, 0.1) is 29.8 Å². The molecule has 1 aliphatic rings. The number of halogens is 3. The molecule has 0 saturated carbocycles. The van der Waals surface area contributed by atoms with Crippen LogP contribution in [-0.4, -0.2) is 44.7 Å². The Morgan fingerprint density at radius 3 is 2.60 bits per heavy atom. The molecule has 222 valence electrons. The Labute approximate surface area is 249 Å². The maximum absolute atomic E-state index is 13.1. The number of thioether (sulfide) groups is 1. The number of aromatic nitrogens is 3. The molecular formula is C30H27F3N6O3S. The lowest BCUT2D eigenvalue weighted by atomic mass is 10.00. The molecule has 2 heterocycles. The smallest absolute Gasteiger partial charge is 0.416 e. The molecule has 1 saturated heterocycles. The van der Waals surface area contributed by atoms with E-state index < -0.39 is 17.8 Å². The van der Waals surface area contributed by atoms with E-state index in [4.69, 9.17) is 4.74 Å². The summed E-state index contributed by atoms with van der Waals surface area (Å²) in [5, 5.41) is 7.35. The molecule has 1 aromatic heterocycles. The maximum atomic E-state index is 13.1. The number of hydrogen-bond donors (Lipinski definition) is 1. The van der Waals surface area contributed by atoms with Gasteiger partial charge in [0, 0.05) is 17.3 Å². The van der Waals surface area contributed by atoms with Crippen LogP contribution in [0.1, 0.15) is 36.5 Å². The number of urea groups is 1. The number of nitrogens with one attached hydrogen (secondary N) is 1. The highest BCUT2D eigenvalue weighted by molar-refractivity contribution is 8.15. The summed E-state index contributed by atoms with van der Waals surface area (Å²) < 4.78 is 46.0. The average molecular weight is 609 g/mol. The highest BCUT2D eigenvalue weighted by Crippen LogP contribution is 2.36. The van der Waals surface area contributed by atoms with Gasteiger partial charge in [0.1, 0.15) is 12.1 Å². The minimum Gasteiger partial charge on any atom is -0.497 e. The predicted octanol–water partition coefficient (Wildman–Crippen LogP) is 7.06. The first kappa shape index (κ1) is 29.8. The first-order valence-electron chi connectivity index (χ1n) is 13.2. The average Bonchev–Trinajstić information content (AvgIpc) is 3.60. The summed E-state index contributed by atoms with van der Waals surface area (Å²) in [7, 11) is 1.54. The number of amides is 3. The Bertz CT molecular complexity index is 1730. The Morgan fingerprint density at radius 1 is 1.12 bits per heavy atom. The number of benzene rings is 3. The second-order valence-electron chi connectivity index (χ2n) is 10.0. The van der Waals surface area contributed by atoms with Crippen LogP contribution >= 0.6 is 11.8 Å². The molecule has 43 heavy (non-hydrogen) atoms. The summed E-state index contributed by atoms with van der Waals surface area (Å²) in [4.78, 5) is 35.7. The zero-order valence-corrected chi connectivity index (χ0v) is 24.5. The Kier molecular flexibility index (Phi) is 8.27. The van der Waals surface area contributed by atoms with Gasteiger partial charge in [-0.25, -0.2) is 14.5 Å². The van der Waals surface area contributed by atoms with E-state index in [1.807, 2.05) is 26.0 Å². The molecule has 5 rings (SSSR count). The van der Waals surface area contributed by atoms with Gasteiger partial charge in [0.15, 0.2) is 11.0 Å². The maximum Gasteiger partial charge on any atom is 0.416 e. The molecule has 0 spiro atoms. The standard InChI is InChI=1S/C30H27F3N6O3S/c1-17(2)23-10-9-22(42-4)14-25(23)39-26(40)15-43-29(39)36-28(41)35-24-11-8-19(12-18(24)3)27-34-16-38(37-27)21-7-5-6-20(13-21)30(31,32)33/h5-14,16-17H,15H2,1-4H3,(H,35,41). The number of carbonyl (C=O) groups excluding carboxylic acids is 2. The van der Waals surface area contributed by atoms with Crippen LogP contribution in [0.25, 0.3) is 17.1 Å². The molecule has 4 aromatic rings. The monoisotopic (exact) mass is 608 g/mol. The van der Waals surface area contributed by atoms with E-state index >= 15 is 0 Å². The number of alkyl halides is 3. The molecule has 1 aliphatic heterocycles. The van der Waals surface area contributed by atoms with Crippen molar-refractivity contribution in [2.75, 3.05) is 23.1 Å². The molecule has 0 unspecified atom stereocenters. The minimum atomic E-state index is -4.47. The van der Waals surface area contributed by atoms with Crippen LogP contribution in [0.15, 0.2) is 72.0 Å². The van der Waals surface area contributed by atoms with E-state index in [9.17, 15) is 22.8 Å². The van der Waals surface area contributed by atoms with Gasteiger partial charge in [-0.2, -0.15) is 18.2 Å². The second-order valence-corrected chi connectivity index (χ2v) is 11.0. The van der Waals surface area contributed by atoms with Crippen LogP contribution in [0.4, 0.5) is 29.3 Å². The van der Waals surface area contributed by atoms with Crippen molar-refractivity contribution in [1.29, 1.82) is 0 Å². The van der Waals surface area contributed by atoms with E-state index in [1.54, 1.807) is 38.3 Å². The molecule has 0 atom stereocenters. The number of amidine groups is 1. The van der Waals surface area contributed by atoms with Gasteiger partial charge < -0.3 is 10.1 Å². The lowest BCUT2D eigenvalue weighted by molar-refractivity contribution is -0.137.